The average Bonchev–Trinajstić information content (AvgIpc) is 2.59. The van der Waals surface area contributed by atoms with E-state index in [4.69, 9.17) is 4.74 Å². The van der Waals surface area contributed by atoms with Gasteiger partial charge in [-0.3, -0.25) is 4.99 Å². The molecule has 2 N–H and O–H groups in total. The van der Waals surface area contributed by atoms with E-state index in [9.17, 15) is 0 Å². The molecule has 6 heteroatoms. The second-order valence-electron chi connectivity index (χ2n) is 8.16. The summed E-state index contributed by atoms with van der Waals surface area (Å²) in [4.78, 5) is 6.81. The van der Waals surface area contributed by atoms with Crippen molar-refractivity contribution in [2.45, 2.75) is 64.0 Å². The van der Waals surface area contributed by atoms with Gasteiger partial charge in [-0.15, -0.1) is 24.0 Å². The van der Waals surface area contributed by atoms with Gasteiger partial charge in [0, 0.05) is 38.4 Å². The zero-order chi connectivity index (χ0) is 17.6. The topological polar surface area (TPSA) is 48.9 Å². The molecule has 5 nitrogen and oxygen atoms in total. The highest BCUT2D eigenvalue weighted by atomic mass is 127. The largest absolute Gasteiger partial charge is 0.381 e. The van der Waals surface area contributed by atoms with Crippen molar-refractivity contribution in [1.29, 1.82) is 0 Å². The van der Waals surface area contributed by atoms with E-state index in [0.29, 0.717) is 6.04 Å². The van der Waals surface area contributed by atoms with Gasteiger partial charge in [0.2, 0.25) is 0 Å². The van der Waals surface area contributed by atoms with Crippen molar-refractivity contribution in [2.24, 2.45) is 16.8 Å². The molecule has 0 bridgehead atoms. The number of nitrogens with one attached hydrogen (secondary N) is 2. The number of hydrogen-bond acceptors (Lipinski definition) is 3. The summed E-state index contributed by atoms with van der Waals surface area (Å²) in [6, 6.07) is 0.566. The number of halogens is 1. The lowest BCUT2D eigenvalue weighted by Gasteiger charge is -2.43. The fraction of sp³-hybridized carbons (Fsp3) is 0.947. The van der Waals surface area contributed by atoms with Crippen LogP contribution >= 0.6 is 24.0 Å². The van der Waals surface area contributed by atoms with Gasteiger partial charge < -0.3 is 20.3 Å². The van der Waals surface area contributed by atoms with Crippen LogP contribution < -0.4 is 10.6 Å². The number of rotatable bonds is 5. The Morgan fingerprint density at radius 1 is 1.16 bits per heavy atom. The molecule has 2 fully saturated rings. The molecule has 2 rings (SSSR count). The molecule has 1 aliphatic heterocycles. The van der Waals surface area contributed by atoms with E-state index in [1.54, 1.807) is 0 Å². The lowest BCUT2D eigenvalue weighted by Crippen LogP contribution is -2.57. The van der Waals surface area contributed by atoms with Crippen LogP contribution in [0.15, 0.2) is 4.99 Å². The van der Waals surface area contributed by atoms with Crippen molar-refractivity contribution in [1.82, 2.24) is 15.5 Å². The minimum Gasteiger partial charge on any atom is -0.381 e. The predicted octanol–water partition coefficient (Wildman–Crippen LogP) is 3.10. The Kier molecular flexibility index (Phi) is 10.0. The summed E-state index contributed by atoms with van der Waals surface area (Å²) in [6.45, 7) is 7.33. The highest BCUT2D eigenvalue weighted by Gasteiger charge is 2.35. The van der Waals surface area contributed by atoms with E-state index in [1.807, 2.05) is 7.05 Å². The average molecular weight is 466 g/mol. The van der Waals surface area contributed by atoms with Gasteiger partial charge in [0.25, 0.3) is 0 Å². The maximum atomic E-state index is 5.56. The molecule has 25 heavy (non-hydrogen) atoms. The summed E-state index contributed by atoms with van der Waals surface area (Å²) in [5.74, 6) is 2.67. The van der Waals surface area contributed by atoms with Gasteiger partial charge in [0.15, 0.2) is 5.96 Å². The first-order valence-electron chi connectivity index (χ1n) is 9.69. The van der Waals surface area contributed by atoms with Crippen LogP contribution in [0.3, 0.4) is 0 Å². The second kappa shape index (κ2) is 10.9. The van der Waals surface area contributed by atoms with E-state index in [0.717, 1.165) is 50.4 Å². The van der Waals surface area contributed by atoms with E-state index in [2.05, 4.69) is 48.5 Å². The molecule has 0 aromatic heterocycles. The van der Waals surface area contributed by atoms with Crippen LogP contribution in [0.4, 0.5) is 0 Å². The standard InChI is InChI=1S/C19H38N4O.HI/c1-15(2)16-6-8-17(9-7-16)22-18(20-3)21-14-19(23(4)5)10-12-24-13-11-19;/h15-17H,6-14H2,1-5H3,(H2,20,21,22);1H. The normalized spacial score (nSPS) is 27.1. The molecule has 0 aromatic rings. The lowest BCUT2D eigenvalue weighted by atomic mass is 9.80. The number of hydrogen-bond donors (Lipinski definition) is 2. The first kappa shape index (κ1) is 23.0. The van der Waals surface area contributed by atoms with E-state index < -0.39 is 0 Å². The van der Waals surface area contributed by atoms with E-state index in [1.165, 1.54) is 25.7 Å². The second-order valence-corrected chi connectivity index (χ2v) is 8.16. The highest BCUT2D eigenvalue weighted by Crippen LogP contribution is 2.30. The van der Waals surface area contributed by atoms with Crippen LogP contribution in [-0.4, -0.2) is 63.3 Å². The van der Waals surface area contributed by atoms with Gasteiger partial charge in [0.1, 0.15) is 0 Å². The third-order valence-electron chi connectivity index (χ3n) is 6.24. The number of nitrogens with zero attached hydrogens (tertiary/aromatic N) is 2. The lowest BCUT2D eigenvalue weighted by molar-refractivity contribution is -0.00504. The Balaban J connectivity index is 0.00000312. The summed E-state index contributed by atoms with van der Waals surface area (Å²) in [5, 5.41) is 7.23. The van der Waals surface area contributed by atoms with Crippen molar-refractivity contribution >= 4 is 29.9 Å². The number of guanidine groups is 1. The zero-order valence-corrected chi connectivity index (χ0v) is 19.1. The first-order chi connectivity index (χ1) is 11.5. The van der Waals surface area contributed by atoms with Gasteiger partial charge in [-0.05, 0) is 64.5 Å². The number of aliphatic imine (C=N–C) groups is 1. The molecule has 1 aliphatic carbocycles. The minimum absolute atomic E-state index is 0. The van der Waals surface area contributed by atoms with Crippen LogP contribution in [-0.2, 0) is 4.74 Å². The fourth-order valence-electron chi connectivity index (χ4n) is 4.10. The Morgan fingerprint density at radius 3 is 2.24 bits per heavy atom. The van der Waals surface area contributed by atoms with Crippen molar-refractivity contribution in [3.05, 3.63) is 0 Å². The maximum absolute atomic E-state index is 5.56. The molecule has 1 saturated heterocycles. The third-order valence-corrected chi connectivity index (χ3v) is 6.24. The Labute approximate surface area is 171 Å². The summed E-state index contributed by atoms with van der Waals surface area (Å²) < 4.78 is 5.56. The third kappa shape index (κ3) is 6.54. The van der Waals surface area contributed by atoms with Gasteiger partial charge >= 0.3 is 0 Å². The monoisotopic (exact) mass is 466 g/mol. The van der Waals surface area contributed by atoms with Crippen LogP contribution in [0.5, 0.6) is 0 Å². The van der Waals surface area contributed by atoms with Crippen LogP contribution in [0.25, 0.3) is 0 Å². The molecule has 0 spiro atoms. The molecule has 1 heterocycles. The number of likely N-dealkylation sites (N-methyl/N-ethyl adjacent to an activating group) is 1. The van der Waals surface area contributed by atoms with Crippen molar-refractivity contribution in [2.75, 3.05) is 40.9 Å². The molecule has 0 unspecified atom stereocenters. The minimum atomic E-state index is 0. The van der Waals surface area contributed by atoms with Gasteiger partial charge in [-0.25, -0.2) is 0 Å². The summed E-state index contributed by atoms with van der Waals surface area (Å²) >= 11 is 0. The molecule has 0 amide bonds. The van der Waals surface area contributed by atoms with Crippen molar-refractivity contribution < 1.29 is 4.74 Å². The van der Waals surface area contributed by atoms with Gasteiger partial charge in [-0.2, -0.15) is 0 Å². The molecular formula is C19H39IN4O. The van der Waals surface area contributed by atoms with Crippen LogP contribution in [0, 0.1) is 11.8 Å². The zero-order valence-electron chi connectivity index (χ0n) is 16.8. The molecule has 0 atom stereocenters. The predicted molar refractivity (Wildman–Crippen MR) is 117 cm³/mol. The fourth-order valence-corrected chi connectivity index (χ4v) is 4.10. The van der Waals surface area contributed by atoms with Crippen molar-refractivity contribution in [3.63, 3.8) is 0 Å². The molecule has 0 radical (unpaired) electrons. The Bertz CT molecular complexity index is 400. The Hall–Kier alpha value is -0.0800. The molecule has 148 valence electrons. The van der Waals surface area contributed by atoms with E-state index >= 15 is 0 Å². The Morgan fingerprint density at radius 2 is 1.76 bits per heavy atom. The van der Waals surface area contributed by atoms with Crippen molar-refractivity contribution in [3.8, 4) is 0 Å². The molecule has 2 aliphatic rings. The highest BCUT2D eigenvalue weighted by molar-refractivity contribution is 14.0. The van der Waals surface area contributed by atoms with Gasteiger partial charge in [-0.1, -0.05) is 13.8 Å². The first-order valence-corrected chi connectivity index (χ1v) is 9.69. The van der Waals surface area contributed by atoms with Gasteiger partial charge in [0.05, 0.1) is 0 Å². The molecule has 0 aromatic carbocycles. The van der Waals surface area contributed by atoms with E-state index in [-0.39, 0.29) is 29.5 Å². The maximum Gasteiger partial charge on any atom is 0.191 e. The van der Waals surface area contributed by atoms with Crippen LogP contribution in [0.2, 0.25) is 0 Å². The quantitative estimate of drug-likeness (QED) is 0.372. The SMILES string of the molecule is CN=C(NCC1(N(C)C)CCOCC1)NC1CCC(C(C)C)CC1.I. The summed E-state index contributed by atoms with van der Waals surface area (Å²) in [6.07, 6.45) is 7.34. The number of ether oxygens (including phenoxy) is 1. The molecular weight excluding hydrogens is 427 g/mol. The summed E-state index contributed by atoms with van der Waals surface area (Å²) in [5.41, 5.74) is 0.172. The molecule has 1 saturated carbocycles. The summed E-state index contributed by atoms with van der Waals surface area (Å²) in [7, 11) is 6.23. The smallest absolute Gasteiger partial charge is 0.191 e. The van der Waals surface area contributed by atoms with Crippen LogP contribution in [0.1, 0.15) is 52.4 Å².